The number of aryl methyl sites for hydroxylation is 1. The van der Waals surface area contributed by atoms with Gasteiger partial charge < -0.3 is 24.4 Å². The fourth-order valence-electron chi connectivity index (χ4n) is 3.28. The second-order valence-electron chi connectivity index (χ2n) is 7.99. The lowest BCUT2D eigenvalue weighted by molar-refractivity contribution is 0.0170. The van der Waals surface area contributed by atoms with Crippen molar-refractivity contribution in [3.8, 4) is 0 Å². The molecule has 3 rings (SSSR count). The van der Waals surface area contributed by atoms with E-state index in [1.165, 1.54) is 0 Å². The molecule has 2 heterocycles. The van der Waals surface area contributed by atoms with Gasteiger partial charge >= 0.3 is 12.1 Å². The number of aromatic nitrogens is 2. The van der Waals surface area contributed by atoms with E-state index in [1.54, 1.807) is 9.80 Å². The first-order valence-corrected chi connectivity index (χ1v) is 9.67. The van der Waals surface area contributed by atoms with Gasteiger partial charge in [0.05, 0.1) is 11.0 Å². The molecule has 1 aromatic heterocycles. The first kappa shape index (κ1) is 20.0. The van der Waals surface area contributed by atoms with Crippen LogP contribution in [0.25, 0.3) is 11.0 Å². The summed E-state index contributed by atoms with van der Waals surface area (Å²) in [4.78, 5) is 32.5. The Kier molecular flexibility index (Phi) is 5.76. The predicted molar refractivity (Wildman–Crippen MR) is 107 cm³/mol. The molecule has 8 nitrogen and oxygen atoms in total. The minimum Gasteiger partial charge on any atom is -0.444 e. The number of fused-ring (bicyclic) bond motifs is 1. The third kappa shape index (κ3) is 4.74. The smallest absolute Gasteiger partial charge is 0.410 e. The van der Waals surface area contributed by atoms with Crippen molar-refractivity contribution in [2.45, 2.75) is 39.8 Å². The van der Waals surface area contributed by atoms with Gasteiger partial charge in [0.2, 0.25) is 0 Å². The van der Waals surface area contributed by atoms with E-state index in [9.17, 15) is 9.59 Å². The summed E-state index contributed by atoms with van der Waals surface area (Å²) in [6.45, 7) is 10.6. The van der Waals surface area contributed by atoms with E-state index in [1.807, 2.05) is 52.0 Å². The number of carbonyl (C=O) groups excluding carboxylic acids is 2. The lowest BCUT2D eigenvalue weighted by Crippen LogP contribution is -2.54. The van der Waals surface area contributed by atoms with Gasteiger partial charge in [0, 0.05) is 39.3 Å². The molecule has 0 bridgehead atoms. The van der Waals surface area contributed by atoms with Crippen LogP contribution in [0.2, 0.25) is 0 Å². The number of hydrogen-bond acceptors (Lipinski definition) is 4. The number of nitrogens with zero attached hydrogens (tertiary/aromatic N) is 4. The van der Waals surface area contributed by atoms with Crippen LogP contribution < -0.4 is 5.32 Å². The summed E-state index contributed by atoms with van der Waals surface area (Å²) in [6.07, 6.45) is -0.324. The molecule has 0 radical (unpaired) electrons. The van der Waals surface area contributed by atoms with Crippen LogP contribution in [-0.4, -0.2) is 69.8 Å². The van der Waals surface area contributed by atoms with E-state index in [0.29, 0.717) is 39.3 Å². The zero-order valence-electron chi connectivity index (χ0n) is 17.1. The highest BCUT2D eigenvalue weighted by Crippen LogP contribution is 2.15. The average Bonchev–Trinajstić information content (AvgIpc) is 2.96. The number of carbonyl (C=O) groups is 2. The van der Waals surface area contributed by atoms with Gasteiger partial charge in [-0.05, 0) is 39.8 Å². The number of hydrogen-bond donors (Lipinski definition) is 1. The molecule has 1 fully saturated rings. The van der Waals surface area contributed by atoms with Crippen molar-refractivity contribution in [1.29, 1.82) is 0 Å². The van der Waals surface area contributed by atoms with Gasteiger partial charge in [-0.1, -0.05) is 12.1 Å². The number of urea groups is 1. The van der Waals surface area contributed by atoms with Crippen LogP contribution in [0.1, 0.15) is 26.6 Å². The van der Waals surface area contributed by atoms with Gasteiger partial charge in [0.25, 0.3) is 0 Å². The fraction of sp³-hybridized carbons (Fsp3) is 0.550. The normalized spacial score (nSPS) is 15.0. The SMILES string of the molecule is Cc1nc2ccccc2n1CCNC(=O)N1CCN(C(=O)OC(C)(C)C)CC1. The second kappa shape index (κ2) is 8.08. The Bertz CT molecular complexity index is 847. The van der Waals surface area contributed by atoms with Crippen molar-refractivity contribution in [3.05, 3.63) is 30.1 Å². The molecule has 1 saturated heterocycles. The van der Waals surface area contributed by atoms with Crippen molar-refractivity contribution in [1.82, 2.24) is 24.7 Å². The first-order chi connectivity index (χ1) is 13.2. The highest BCUT2D eigenvalue weighted by Gasteiger charge is 2.27. The van der Waals surface area contributed by atoms with Gasteiger partial charge in [0.15, 0.2) is 0 Å². The van der Waals surface area contributed by atoms with Crippen molar-refractivity contribution in [2.24, 2.45) is 0 Å². The molecule has 1 N–H and O–H groups in total. The van der Waals surface area contributed by atoms with E-state index in [-0.39, 0.29) is 12.1 Å². The minimum atomic E-state index is -0.513. The van der Waals surface area contributed by atoms with Gasteiger partial charge in [-0.15, -0.1) is 0 Å². The summed E-state index contributed by atoms with van der Waals surface area (Å²) in [6, 6.07) is 7.88. The summed E-state index contributed by atoms with van der Waals surface area (Å²) >= 11 is 0. The summed E-state index contributed by atoms with van der Waals surface area (Å²) < 4.78 is 7.49. The van der Waals surface area contributed by atoms with Crippen LogP contribution in [0.4, 0.5) is 9.59 Å². The zero-order chi connectivity index (χ0) is 20.3. The number of nitrogens with one attached hydrogen (secondary N) is 1. The first-order valence-electron chi connectivity index (χ1n) is 9.67. The molecule has 1 aliphatic rings. The molecule has 8 heteroatoms. The summed E-state index contributed by atoms with van der Waals surface area (Å²) in [5.41, 5.74) is 1.52. The number of benzene rings is 1. The lowest BCUT2D eigenvalue weighted by atomic mass is 10.2. The van der Waals surface area contributed by atoms with E-state index in [4.69, 9.17) is 4.74 Å². The van der Waals surface area contributed by atoms with Gasteiger partial charge in [-0.2, -0.15) is 0 Å². The Balaban J connectivity index is 1.46. The molecule has 2 aromatic rings. The molecular formula is C20H29N5O3. The Morgan fingerprint density at radius 2 is 1.75 bits per heavy atom. The molecule has 0 saturated carbocycles. The summed E-state index contributed by atoms with van der Waals surface area (Å²) in [5, 5.41) is 2.97. The fourth-order valence-corrected chi connectivity index (χ4v) is 3.28. The van der Waals surface area contributed by atoms with Gasteiger partial charge in [-0.25, -0.2) is 14.6 Å². The van der Waals surface area contributed by atoms with E-state index >= 15 is 0 Å². The monoisotopic (exact) mass is 387 g/mol. The number of piperazine rings is 1. The summed E-state index contributed by atoms with van der Waals surface area (Å²) in [5.74, 6) is 0.932. The molecule has 0 aliphatic carbocycles. The Labute approximate surface area is 165 Å². The van der Waals surface area contributed by atoms with Crippen LogP contribution >= 0.6 is 0 Å². The molecule has 28 heavy (non-hydrogen) atoms. The van der Waals surface area contributed by atoms with Crippen LogP contribution in [0, 0.1) is 6.92 Å². The highest BCUT2D eigenvalue weighted by molar-refractivity contribution is 5.76. The Hall–Kier alpha value is -2.77. The zero-order valence-corrected chi connectivity index (χ0v) is 17.1. The maximum Gasteiger partial charge on any atom is 0.410 e. The molecule has 1 aliphatic heterocycles. The van der Waals surface area contributed by atoms with E-state index in [2.05, 4.69) is 14.9 Å². The second-order valence-corrected chi connectivity index (χ2v) is 7.99. The quantitative estimate of drug-likeness (QED) is 0.878. The third-order valence-electron chi connectivity index (χ3n) is 4.68. The molecule has 0 spiro atoms. The topological polar surface area (TPSA) is 79.7 Å². The summed E-state index contributed by atoms with van der Waals surface area (Å²) in [7, 11) is 0. The molecule has 1 aromatic carbocycles. The number of para-hydroxylation sites is 2. The van der Waals surface area contributed by atoms with Crippen LogP contribution in [0.5, 0.6) is 0 Å². The standard InChI is InChI=1S/C20H29N5O3/c1-15-22-16-7-5-6-8-17(16)25(15)10-9-21-18(26)23-11-13-24(14-12-23)19(27)28-20(2,3)4/h5-8H,9-14H2,1-4H3,(H,21,26). The molecule has 0 unspecified atom stereocenters. The largest absolute Gasteiger partial charge is 0.444 e. The Morgan fingerprint density at radius 1 is 1.11 bits per heavy atom. The molecule has 0 atom stereocenters. The van der Waals surface area contributed by atoms with Crippen molar-refractivity contribution in [3.63, 3.8) is 0 Å². The Morgan fingerprint density at radius 3 is 2.43 bits per heavy atom. The van der Waals surface area contributed by atoms with E-state index < -0.39 is 5.60 Å². The van der Waals surface area contributed by atoms with Crippen molar-refractivity contribution in [2.75, 3.05) is 32.7 Å². The van der Waals surface area contributed by atoms with Gasteiger partial charge in [-0.3, -0.25) is 0 Å². The average molecular weight is 387 g/mol. The minimum absolute atomic E-state index is 0.106. The number of imidazole rings is 1. The maximum absolute atomic E-state index is 12.4. The molecule has 3 amide bonds. The molecule has 152 valence electrons. The van der Waals surface area contributed by atoms with Gasteiger partial charge in [0.1, 0.15) is 11.4 Å². The lowest BCUT2D eigenvalue weighted by Gasteiger charge is -2.35. The van der Waals surface area contributed by atoms with Crippen molar-refractivity contribution < 1.29 is 14.3 Å². The van der Waals surface area contributed by atoms with Crippen LogP contribution in [0.3, 0.4) is 0 Å². The number of ether oxygens (including phenoxy) is 1. The number of rotatable bonds is 3. The van der Waals surface area contributed by atoms with E-state index in [0.717, 1.165) is 16.9 Å². The highest BCUT2D eigenvalue weighted by atomic mass is 16.6. The van der Waals surface area contributed by atoms with Crippen molar-refractivity contribution >= 4 is 23.2 Å². The van der Waals surface area contributed by atoms with Crippen LogP contribution in [0.15, 0.2) is 24.3 Å². The maximum atomic E-state index is 12.4. The van der Waals surface area contributed by atoms with Crippen LogP contribution in [-0.2, 0) is 11.3 Å². The molecular weight excluding hydrogens is 358 g/mol. The number of amides is 3. The predicted octanol–water partition coefficient (Wildman–Crippen LogP) is 2.61. The third-order valence-corrected chi connectivity index (χ3v) is 4.68.